The lowest BCUT2D eigenvalue weighted by Crippen LogP contribution is -2.40. The molecule has 0 spiro atoms. The quantitative estimate of drug-likeness (QED) is 0.828. The van der Waals surface area contributed by atoms with Crippen molar-refractivity contribution < 1.29 is 9.47 Å². The minimum absolute atomic E-state index is 0.444. The third-order valence-electron chi connectivity index (χ3n) is 3.04. The lowest BCUT2D eigenvalue weighted by Gasteiger charge is -2.35. The monoisotopic (exact) mass is 221 g/mol. The van der Waals surface area contributed by atoms with E-state index in [9.17, 15) is 0 Å². The molecule has 3 nitrogen and oxygen atoms in total. The van der Waals surface area contributed by atoms with Crippen LogP contribution in [-0.2, 0) is 16.1 Å². The van der Waals surface area contributed by atoms with Gasteiger partial charge in [-0.25, -0.2) is 0 Å². The second-order valence-corrected chi connectivity index (χ2v) is 4.30. The Balaban J connectivity index is 1.87. The van der Waals surface area contributed by atoms with Crippen LogP contribution in [0.15, 0.2) is 24.3 Å². The van der Waals surface area contributed by atoms with E-state index in [0.29, 0.717) is 18.8 Å². The van der Waals surface area contributed by atoms with Crippen LogP contribution in [0.25, 0.3) is 0 Å². The molecule has 88 valence electrons. The molecule has 0 atom stereocenters. The third kappa shape index (κ3) is 2.74. The van der Waals surface area contributed by atoms with Crippen molar-refractivity contribution in [1.29, 1.82) is 0 Å². The molecule has 2 rings (SSSR count). The summed E-state index contributed by atoms with van der Waals surface area (Å²) in [7, 11) is 3.50. The van der Waals surface area contributed by atoms with Crippen molar-refractivity contribution >= 4 is 5.69 Å². The normalized spacial score (nSPS) is 23.9. The molecule has 1 aliphatic carbocycles. The molecule has 0 radical (unpaired) electrons. The van der Waals surface area contributed by atoms with Crippen LogP contribution >= 0.6 is 0 Å². The van der Waals surface area contributed by atoms with Crippen molar-refractivity contribution in [3.63, 3.8) is 0 Å². The van der Waals surface area contributed by atoms with Gasteiger partial charge in [-0.05, 0) is 30.5 Å². The van der Waals surface area contributed by atoms with E-state index in [1.807, 2.05) is 0 Å². The summed E-state index contributed by atoms with van der Waals surface area (Å²) in [4.78, 5) is 0. The summed E-state index contributed by atoms with van der Waals surface area (Å²) in [5, 5.41) is 3.51. The maximum Gasteiger partial charge on any atom is 0.0713 e. The first-order valence-corrected chi connectivity index (χ1v) is 5.69. The summed E-state index contributed by atoms with van der Waals surface area (Å²) in [5.41, 5.74) is 2.38. The maximum atomic E-state index is 5.26. The number of hydrogen-bond acceptors (Lipinski definition) is 3. The zero-order valence-corrected chi connectivity index (χ0v) is 9.90. The predicted octanol–water partition coefficient (Wildman–Crippen LogP) is 2.42. The number of benzene rings is 1. The number of nitrogens with one attached hydrogen (secondary N) is 1. The van der Waals surface area contributed by atoms with E-state index in [4.69, 9.17) is 9.47 Å². The Bertz CT molecular complexity index is 334. The van der Waals surface area contributed by atoms with Crippen molar-refractivity contribution in [3.8, 4) is 0 Å². The fraction of sp³-hybridized carbons (Fsp3) is 0.538. The maximum absolute atomic E-state index is 5.26. The van der Waals surface area contributed by atoms with Gasteiger partial charge in [0.15, 0.2) is 0 Å². The molecule has 0 unspecified atom stereocenters. The second-order valence-electron chi connectivity index (χ2n) is 4.30. The summed E-state index contributed by atoms with van der Waals surface area (Å²) in [6.45, 7) is 0.668. The van der Waals surface area contributed by atoms with Gasteiger partial charge >= 0.3 is 0 Å². The van der Waals surface area contributed by atoms with Crippen LogP contribution in [0.5, 0.6) is 0 Å². The van der Waals surface area contributed by atoms with Crippen molar-refractivity contribution in [2.45, 2.75) is 31.6 Å². The molecular formula is C13H19NO2. The van der Waals surface area contributed by atoms with Crippen molar-refractivity contribution in [2.75, 3.05) is 19.5 Å². The summed E-state index contributed by atoms with van der Waals surface area (Å²) >= 11 is 0. The van der Waals surface area contributed by atoms with Gasteiger partial charge in [-0.15, -0.1) is 0 Å². The number of hydrogen-bond donors (Lipinski definition) is 1. The van der Waals surface area contributed by atoms with E-state index in [0.717, 1.165) is 12.8 Å². The van der Waals surface area contributed by atoms with Gasteiger partial charge in [-0.3, -0.25) is 0 Å². The molecule has 1 N–H and O–H groups in total. The Labute approximate surface area is 96.8 Å². The Kier molecular flexibility index (Phi) is 3.80. The standard InChI is InChI=1S/C13H19NO2/c1-15-9-10-4-3-5-11(6-10)14-12-7-13(8-12)16-2/h3-6,12-14H,7-9H2,1-2H3. The van der Waals surface area contributed by atoms with Gasteiger partial charge in [-0.2, -0.15) is 0 Å². The number of methoxy groups -OCH3 is 2. The lowest BCUT2D eigenvalue weighted by atomic mass is 9.89. The van der Waals surface area contributed by atoms with E-state index in [1.54, 1.807) is 14.2 Å². The Hall–Kier alpha value is -1.06. The van der Waals surface area contributed by atoms with Crippen LogP contribution in [0.3, 0.4) is 0 Å². The van der Waals surface area contributed by atoms with Gasteiger partial charge in [0.1, 0.15) is 0 Å². The number of ether oxygens (including phenoxy) is 2. The molecule has 16 heavy (non-hydrogen) atoms. The van der Waals surface area contributed by atoms with Gasteiger partial charge in [0.25, 0.3) is 0 Å². The zero-order valence-electron chi connectivity index (χ0n) is 9.90. The Morgan fingerprint density at radius 2 is 2.12 bits per heavy atom. The highest BCUT2D eigenvalue weighted by molar-refractivity contribution is 5.46. The number of rotatable bonds is 5. The lowest BCUT2D eigenvalue weighted by molar-refractivity contribution is 0.0329. The summed E-state index contributed by atoms with van der Waals surface area (Å²) in [6.07, 6.45) is 2.65. The molecule has 1 fully saturated rings. The first-order chi connectivity index (χ1) is 7.81. The summed E-state index contributed by atoms with van der Waals surface area (Å²) < 4.78 is 10.4. The highest BCUT2D eigenvalue weighted by Gasteiger charge is 2.28. The largest absolute Gasteiger partial charge is 0.382 e. The first kappa shape index (κ1) is 11.4. The third-order valence-corrected chi connectivity index (χ3v) is 3.04. The predicted molar refractivity (Wildman–Crippen MR) is 64.6 cm³/mol. The highest BCUT2D eigenvalue weighted by atomic mass is 16.5. The van der Waals surface area contributed by atoms with Crippen LogP contribution in [-0.4, -0.2) is 26.4 Å². The highest BCUT2D eigenvalue weighted by Crippen LogP contribution is 2.26. The van der Waals surface area contributed by atoms with Crippen molar-refractivity contribution in [1.82, 2.24) is 0 Å². The minimum Gasteiger partial charge on any atom is -0.382 e. The molecule has 1 aromatic carbocycles. The van der Waals surface area contributed by atoms with Gasteiger partial charge in [0.05, 0.1) is 12.7 Å². The zero-order chi connectivity index (χ0) is 11.4. The summed E-state index contributed by atoms with van der Waals surface area (Å²) in [6, 6.07) is 8.93. The average molecular weight is 221 g/mol. The SMILES string of the molecule is COCc1cccc(NC2CC(OC)C2)c1. The second kappa shape index (κ2) is 5.32. The topological polar surface area (TPSA) is 30.5 Å². The van der Waals surface area contributed by atoms with E-state index < -0.39 is 0 Å². The van der Waals surface area contributed by atoms with Crippen molar-refractivity contribution in [2.24, 2.45) is 0 Å². The van der Waals surface area contributed by atoms with Crippen LogP contribution in [0, 0.1) is 0 Å². The smallest absolute Gasteiger partial charge is 0.0713 e. The average Bonchev–Trinajstić information content (AvgIpc) is 2.24. The van der Waals surface area contributed by atoms with Gasteiger partial charge in [0, 0.05) is 25.9 Å². The van der Waals surface area contributed by atoms with Crippen LogP contribution in [0.4, 0.5) is 5.69 Å². The molecule has 1 aromatic rings. The molecule has 3 heteroatoms. The van der Waals surface area contributed by atoms with Crippen LogP contribution in [0.2, 0.25) is 0 Å². The Morgan fingerprint density at radius 3 is 2.81 bits per heavy atom. The molecule has 1 aliphatic rings. The van der Waals surface area contributed by atoms with Crippen LogP contribution in [0.1, 0.15) is 18.4 Å². The van der Waals surface area contributed by atoms with E-state index in [1.165, 1.54) is 11.3 Å². The van der Waals surface area contributed by atoms with Gasteiger partial charge in [-0.1, -0.05) is 12.1 Å². The van der Waals surface area contributed by atoms with Crippen molar-refractivity contribution in [3.05, 3.63) is 29.8 Å². The van der Waals surface area contributed by atoms with Gasteiger partial charge in [0.2, 0.25) is 0 Å². The molecule has 0 amide bonds. The molecule has 0 saturated heterocycles. The molecule has 0 bridgehead atoms. The fourth-order valence-electron chi connectivity index (χ4n) is 2.03. The summed E-state index contributed by atoms with van der Waals surface area (Å²) in [5.74, 6) is 0. The first-order valence-electron chi connectivity index (χ1n) is 5.69. The molecule has 0 heterocycles. The minimum atomic E-state index is 0.444. The van der Waals surface area contributed by atoms with Gasteiger partial charge < -0.3 is 14.8 Å². The van der Waals surface area contributed by atoms with E-state index in [2.05, 4.69) is 29.6 Å². The molecule has 0 aliphatic heterocycles. The van der Waals surface area contributed by atoms with E-state index >= 15 is 0 Å². The molecule has 0 aromatic heterocycles. The van der Waals surface area contributed by atoms with Crippen LogP contribution < -0.4 is 5.32 Å². The number of anilines is 1. The van der Waals surface area contributed by atoms with E-state index in [-0.39, 0.29) is 0 Å². The molecular weight excluding hydrogens is 202 g/mol. The Morgan fingerprint density at radius 1 is 1.31 bits per heavy atom. The fourth-order valence-corrected chi connectivity index (χ4v) is 2.03. The molecule has 1 saturated carbocycles.